The Hall–Kier alpha value is -2.15. The molecular formula is C15H17ClN2O5. The second-order valence-electron chi connectivity index (χ2n) is 5.46. The smallest absolute Gasteiger partial charge is 0.340 e. The molecule has 7 nitrogen and oxygen atoms in total. The van der Waals surface area contributed by atoms with Gasteiger partial charge in [-0.2, -0.15) is 0 Å². The van der Waals surface area contributed by atoms with Crippen LogP contribution in [0.3, 0.4) is 0 Å². The lowest BCUT2D eigenvalue weighted by atomic mass is 10.2. The van der Waals surface area contributed by atoms with Crippen molar-refractivity contribution in [2.24, 2.45) is 0 Å². The summed E-state index contributed by atoms with van der Waals surface area (Å²) in [6.07, 6.45) is 2.98. The van der Waals surface area contributed by atoms with E-state index in [1.165, 1.54) is 19.1 Å². The SMILES string of the molecule is C[C@@H](OC(=O)c1cc([N+](=O)[O-])ccc1Cl)C(=O)NC1CCCC1. The quantitative estimate of drug-likeness (QED) is 0.505. The lowest BCUT2D eigenvalue weighted by Crippen LogP contribution is -2.40. The minimum absolute atomic E-state index is 0.0315. The predicted molar refractivity (Wildman–Crippen MR) is 83.4 cm³/mol. The second-order valence-corrected chi connectivity index (χ2v) is 5.87. The van der Waals surface area contributed by atoms with E-state index in [-0.39, 0.29) is 28.2 Å². The molecule has 0 unspecified atom stereocenters. The largest absolute Gasteiger partial charge is 0.449 e. The molecule has 1 aliphatic carbocycles. The molecule has 23 heavy (non-hydrogen) atoms. The third-order valence-corrected chi connectivity index (χ3v) is 4.06. The van der Waals surface area contributed by atoms with Crippen LogP contribution in [0.25, 0.3) is 0 Å². The fraction of sp³-hybridized carbons (Fsp3) is 0.467. The Kier molecular flexibility index (Phi) is 5.54. The van der Waals surface area contributed by atoms with Crippen molar-refractivity contribution in [2.75, 3.05) is 0 Å². The van der Waals surface area contributed by atoms with Crippen molar-refractivity contribution < 1.29 is 19.2 Å². The number of benzene rings is 1. The van der Waals surface area contributed by atoms with Crippen LogP contribution in [0.4, 0.5) is 5.69 Å². The number of esters is 1. The fourth-order valence-corrected chi connectivity index (χ4v) is 2.64. The number of carbonyl (C=O) groups is 2. The molecule has 1 aromatic rings. The maximum absolute atomic E-state index is 12.1. The molecule has 0 saturated heterocycles. The maximum Gasteiger partial charge on any atom is 0.340 e. The van der Waals surface area contributed by atoms with E-state index < -0.39 is 17.0 Å². The minimum atomic E-state index is -1.00. The molecule has 0 bridgehead atoms. The molecule has 1 saturated carbocycles. The van der Waals surface area contributed by atoms with E-state index in [4.69, 9.17) is 16.3 Å². The van der Waals surface area contributed by atoms with Crippen molar-refractivity contribution in [2.45, 2.75) is 44.8 Å². The van der Waals surface area contributed by atoms with Crippen molar-refractivity contribution in [3.8, 4) is 0 Å². The first-order chi connectivity index (χ1) is 10.9. The van der Waals surface area contributed by atoms with Crippen molar-refractivity contribution in [3.05, 3.63) is 38.9 Å². The summed E-state index contributed by atoms with van der Waals surface area (Å²) in [5, 5.41) is 13.6. The molecule has 0 aliphatic heterocycles. The Morgan fingerprint density at radius 3 is 2.65 bits per heavy atom. The van der Waals surface area contributed by atoms with Crippen molar-refractivity contribution in [1.82, 2.24) is 5.32 Å². The summed E-state index contributed by atoms with van der Waals surface area (Å²) >= 11 is 5.87. The summed E-state index contributed by atoms with van der Waals surface area (Å²) in [6, 6.07) is 3.59. The topological polar surface area (TPSA) is 98.5 Å². The summed E-state index contributed by atoms with van der Waals surface area (Å²) < 4.78 is 5.07. The van der Waals surface area contributed by atoms with Crippen LogP contribution in [0.5, 0.6) is 0 Å². The van der Waals surface area contributed by atoms with Crippen LogP contribution >= 0.6 is 11.6 Å². The van der Waals surface area contributed by atoms with E-state index in [0.717, 1.165) is 31.7 Å². The Morgan fingerprint density at radius 2 is 2.04 bits per heavy atom. The number of amides is 1. The van der Waals surface area contributed by atoms with Gasteiger partial charge in [0.2, 0.25) is 0 Å². The Balaban J connectivity index is 2.01. The van der Waals surface area contributed by atoms with E-state index in [9.17, 15) is 19.7 Å². The zero-order valence-corrected chi connectivity index (χ0v) is 13.3. The number of nitro benzene ring substituents is 1. The van der Waals surface area contributed by atoms with E-state index in [1.807, 2.05) is 0 Å². The van der Waals surface area contributed by atoms with Crippen LogP contribution in [0.2, 0.25) is 5.02 Å². The number of non-ortho nitro benzene ring substituents is 1. The van der Waals surface area contributed by atoms with E-state index in [0.29, 0.717) is 0 Å². The van der Waals surface area contributed by atoms with Gasteiger partial charge < -0.3 is 10.1 Å². The highest BCUT2D eigenvalue weighted by Crippen LogP contribution is 2.23. The first-order valence-electron chi connectivity index (χ1n) is 7.34. The molecule has 0 aromatic heterocycles. The monoisotopic (exact) mass is 340 g/mol. The van der Waals surface area contributed by atoms with Gasteiger partial charge >= 0.3 is 5.97 Å². The molecule has 1 amide bonds. The lowest BCUT2D eigenvalue weighted by molar-refractivity contribution is -0.384. The highest BCUT2D eigenvalue weighted by atomic mass is 35.5. The van der Waals surface area contributed by atoms with Crippen LogP contribution < -0.4 is 5.32 Å². The minimum Gasteiger partial charge on any atom is -0.449 e. The van der Waals surface area contributed by atoms with Gasteiger partial charge in [0.15, 0.2) is 6.10 Å². The number of nitrogens with zero attached hydrogens (tertiary/aromatic N) is 1. The second kappa shape index (κ2) is 7.41. The number of carbonyl (C=O) groups excluding carboxylic acids is 2. The number of rotatable bonds is 5. The Bertz CT molecular complexity index is 628. The summed E-state index contributed by atoms with van der Waals surface area (Å²) in [7, 11) is 0. The van der Waals surface area contributed by atoms with Gasteiger partial charge in [-0.25, -0.2) is 4.79 Å². The molecule has 1 fully saturated rings. The summed E-state index contributed by atoms with van der Waals surface area (Å²) in [4.78, 5) is 34.2. The fourth-order valence-electron chi connectivity index (χ4n) is 2.45. The highest BCUT2D eigenvalue weighted by molar-refractivity contribution is 6.33. The number of halogens is 1. The third kappa shape index (κ3) is 4.41. The van der Waals surface area contributed by atoms with E-state index in [1.54, 1.807) is 0 Å². The average Bonchev–Trinajstić information content (AvgIpc) is 3.00. The van der Waals surface area contributed by atoms with Crippen LogP contribution in [0, 0.1) is 10.1 Å². The molecule has 2 rings (SSSR count). The zero-order valence-electron chi connectivity index (χ0n) is 12.6. The van der Waals surface area contributed by atoms with Gasteiger partial charge in [0.05, 0.1) is 15.5 Å². The Labute approximate surface area is 138 Å². The third-order valence-electron chi connectivity index (χ3n) is 3.74. The van der Waals surface area contributed by atoms with Gasteiger partial charge in [-0.15, -0.1) is 0 Å². The van der Waals surface area contributed by atoms with E-state index in [2.05, 4.69) is 5.32 Å². The number of hydrogen-bond acceptors (Lipinski definition) is 5. The molecule has 1 aromatic carbocycles. The standard InChI is InChI=1S/C15H17ClN2O5/c1-9(14(19)17-10-4-2-3-5-10)23-15(20)12-8-11(18(21)22)6-7-13(12)16/h6-10H,2-5H2,1H3,(H,17,19)/t9-/m1/s1. The lowest BCUT2D eigenvalue weighted by Gasteiger charge is -2.17. The molecule has 0 radical (unpaired) electrons. The summed E-state index contributed by atoms with van der Waals surface area (Å²) in [6.45, 7) is 1.45. The van der Waals surface area contributed by atoms with Gasteiger partial charge in [-0.05, 0) is 25.8 Å². The molecule has 1 atom stereocenters. The van der Waals surface area contributed by atoms with Crippen LogP contribution in [0.1, 0.15) is 43.0 Å². The highest BCUT2D eigenvalue weighted by Gasteiger charge is 2.25. The van der Waals surface area contributed by atoms with Crippen molar-refractivity contribution in [1.29, 1.82) is 0 Å². The van der Waals surface area contributed by atoms with Crippen molar-refractivity contribution in [3.63, 3.8) is 0 Å². The molecule has 1 aliphatic rings. The normalized spacial score (nSPS) is 15.9. The van der Waals surface area contributed by atoms with E-state index >= 15 is 0 Å². The van der Waals surface area contributed by atoms with Gasteiger partial charge in [0.1, 0.15) is 0 Å². The number of nitro groups is 1. The number of nitrogens with one attached hydrogen (secondary N) is 1. The maximum atomic E-state index is 12.1. The molecular weight excluding hydrogens is 324 g/mol. The van der Waals surface area contributed by atoms with Crippen LogP contribution in [-0.4, -0.2) is 28.9 Å². The summed E-state index contributed by atoms with van der Waals surface area (Å²) in [5.74, 6) is -1.25. The van der Waals surface area contributed by atoms with Gasteiger partial charge in [-0.3, -0.25) is 14.9 Å². The van der Waals surface area contributed by atoms with Gasteiger partial charge in [0.25, 0.3) is 11.6 Å². The molecule has 0 spiro atoms. The zero-order chi connectivity index (χ0) is 17.0. The molecule has 0 heterocycles. The number of ether oxygens (including phenoxy) is 1. The molecule has 1 N–H and O–H groups in total. The van der Waals surface area contributed by atoms with Crippen LogP contribution in [0.15, 0.2) is 18.2 Å². The molecule has 8 heteroatoms. The molecule has 124 valence electrons. The first kappa shape index (κ1) is 17.2. The average molecular weight is 341 g/mol. The first-order valence-corrected chi connectivity index (χ1v) is 7.71. The van der Waals surface area contributed by atoms with Crippen molar-refractivity contribution >= 4 is 29.2 Å². The predicted octanol–water partition coefficient (Wildman–Crippen LogP) is 2.85. The van der Waals surface area contributed by atoms with Gasteiger partial charge in [-0.1, -0.05) is 24.4 Å². The van der Waals surface area contributed by atoms with Gasteiger partial charge in [0, 0.05) is 18.2 Å². The number of hydrogen-bond donors (Lipinski definition) is 1. The van der Waals surface area contributed by atoms with Crippen LogP contribution in [-0.2, 0) is 9.53 Å². The Morgan fingerprint density at radius 1 is 1.39 bits per heavy atom. The summed E-state index contributed by atoms with van der Waals surface area (Å²) in [5.41, 5.74) is -0.411.